The molecule has 5 aliphatic rings. The Labute approximate surface area is 210 Å². The molecular formula is C29H41N3O3. The van der Waals surface area contributed by atoms with E-state index >= 15 is 0 Å². The van der Waals surface area contributed by atoms with E-state index in [2.05, 4.69) is 39.0 Å². The Balaban J connectivity index is 1.15. The van der Waals surface area contributed by atoms with Gasteiger partial charge in [-0.25, -0.2) is 4.79 Å². The summed E-state index contributed by atoms with van der Waals surface area (Å²) in [4.78, 5) is 32.2. The quantitative estimate of drug-likeness (QED) is 0.611. The van der Waals surface area contributed by atoms with Crippen LogP contribution in [0.15, 0.2) is 24.3 Å². The second-order valence-electron chi connectivity index (χ2n) is 11.6. The van der Waals surface area contributed by atoms with Gasteiger partial charge in [0, 0.05) is 31.1 Å². The first kappa shape index (κ1) is 23.3. The monoisotopic (exact) mass is 479 g/mol. The minimum Gasteiger partial charge on any atom is -0.450 e. The topological polar surface area (TPSA) is 53.1 Å². The molecular weight excluding hydrogens is 438 g/mol. The highest BCUT2D eigenvalue weighted by Gasteiger charge is 2.47. The summed E-state index contributed by atoms with van der Waals surface area (Å²) < 4.78 is 5.41. The van der Waals surface area contributed by atoms with Crippen LogP contribution in [0.3, 0.4) is 0 Å². The van der Waals surface area contributed by atoms with Crippen LogP contribution in [-0.4, -0.2) is 71.1 Å². The zero-order chi connectivity index (χ0) is 24.0. The predicted octanol–water partition coefficient (Wildman–Crippen LogP) is 5.02. The van der Waals surface area contributed by atoms with Crippen molar-refractivity contribution in [2.75, 3.05) is 26.2 Å². The number of ether oxygens (including phenoxy) is 1. The van der Waals surface area contributed by atoms with E-state index in [0.717, 1.165) is 64.6 Å². The number of fused-ring (bicyclic) bond motifs is 4. The molecule has 2 amide bonds. The van der Waals surface area contributed by atoms with Gasteiger partial charge < -0.3 is 19.4 Å². The smallest absolute Gasteiger partial charge is 0.410 e. The van der Waals surface area contributed by atoms with Crippen molar-refractivity contribution in [3.8, 4) is 0 Å². The summed E-state index contributed by atoms with van der Waals surface area (Å²) in [6.07, 6.45) is 12.0. The summed E-state index contributed by atoms with van der Waals surface area (Å²) in [5, 5.41) is 0. The third-order valence-electron chi connectivity index (χ3n) is 10.0. The third kappa shape index (κ3) is 4.06. The van der Waals surface area contributed by atoms with E-state index in [4.69, 9.17) is 4.74 Å². The normalized spacial score (nSPS) is 32.5. The van der Waals surface area contributed by atoms with Gasteiger partial charge >= 0.3 is 6.09 Å². The molecule has 4 fully saturated rings. The number of rotatable bonds is 3. The van der Waals surface area contributed by atoms with E-state index in [0.29, 0.717) is 30.6 Å². The molecule has 3 unspecified atom stereocenters. The van der Waals surface area contributed by atoms with Crippen LogP contribution >= 0.6 is 0 Å². The van der Waals surface area contributed by atoms with Crippen molar-refractivity contribution in [2.45, 2.75) is 107 Å². The van der Waals surface area contributed by atoms with Gasteiger partial charge in [0.25, 0.3) is 0 Å². The van der Waals surface area contributed by atoms with Crippen molar-refractivity contribution in [3.63, 3.8) is 0 Å². The number of likely N-dealkylation sites (tertiary alicyclic amines) is 2. The van der Waals surface area contributed by atoms with Crippen LogP contribution in [0.25, 0.3) is 0 Å². The number of piperidine rings is 1. The van der Waals surface area contributed by atoms with Crippen LogP contribution in [0.5, 0.6) is 0 Å². The lowest BCUT2D eigenvalue weighted by atomic mass is 9.63. The van der Waals surface area contributed by atoms with E-state index in [-0.39, 0.29) is 17.6 Å². The summed E-state index contributed by atoms with van der Waals surface area (Å²) >= 11 is 0. The van der Waals surface area contributed by atoms with Gasteiger partial charge in [0.2, 0.25) is 5.91 Å². The number of hydrogen-bond donors (Lipinski definition) is 0. The van der Waals surface area contributed by atoms with Crippen molar-refractivity contribution in [1.29, 1.82) is 0 Å². The molecule has 35 heavy (non-hydrogen) atoms. The van der Waals surface area contributed by atoms with Crippen LogP contribution in [-0.2, 0) is 14.9 Å². The fourth-order valence-electron chi connectivity index (χ4n) is 8.25. The third-order valence-corrected chi connectivity index (χ3v) is 10.0. The first-order valence-corrected chi connectivity index (χ1v) is 14.2. The van der Waals surface area contributed by atoms with Crippen molar-refractivity contribution >= 4 is 12.0 Å². The molecule has 4 saturated heterocycles. The Hall–Kier alpha value is -2.08. The van der Waals surface area contributed by atoms with E-state index < -0.39 is 0 Å². The van der Waals surface area contributed by atoms with E-state index in [1.165, 1.54) is 36.8 Å². The molecule has 6 rings (SSSR count). The molecule has 6 nitrogen and oxygen atoms in total. The molecule has 0 radical (unpaired) electrons. The molecule has 4 heterocycles. The first-order valence-electron chi connectivity index (χ1n) is 14.2. The van der Waals surface area contributed by atoms with E-state index in [9.17, 15) is 9.59 Å². The Morgan fingerprint density at radius 1 is 0.971 bits per heavy atom. The molecule has 190 valence electrons. The number of carbonyl (C=O) groups is 2. The Bertz CT molecular complexity index is 956. The zero-order valence-electron chi connectivity index (χ0n) is 21.3. The van der Waals surface area contributed by atoms with Crippen LogP contribution in [0, 0.1) is 0 Å². The molecule has 4 atom stereocenters. The summed E-state index contributed by atoms with van der Waals surface area (Å²) in [6, 6.07) is 10.6. The summed E-state index contributed by atoms with van der Waals surface area (Å²) in [7, 11) is 0. The summed E-state index contributed by atoms with van der Waals surface area (Å²) in [5.74, 6) is 0.343. The second-order valence-corrected chi connectivity index (χ2v) is 11.6. The SMILES string of the molecule is CCOC(=O)N1C2CCC(N3CCC4(CC[C@H](N5CCCC5=O)c5ccccc54)CC3)CC1CC2. The van der Waals surface area contributed by atoms with Gasteiger partial charge in [0.1, 0.15) is 0 Å². The number of nitrogens with zero attached hydrogens (tertiary/aromatic N) is 3. The molecule has 0 N–H and O–H groups in total. The largest absolute Gasteiger partial charge is 0.450 e. The molecule has 0 aromatic heterocycles. The lowest BCUT2D eigenvalue weighted by molar-refractivity contribution is -0.130. The highest BCUT2D eigenvalue weighted by atomic mass is 16.6. The zero-order valence-corrected chi connectivity index (χ0v) is 21.3. The Morgan fingerprint density at radius 3 is 2.46 bits per heavy atom. The van der Waals surface area contributed by atoms with Crippen LogP contribution < -0.4 is 0 Å². The lowest BCUT2D eigenvalue weighted by Crippen LogP contribution is -2.50. The highest BCUT2D eigenvalue weighted by Crippen LogP contribution is 2.50. The molecule has 0 saturated carbocycles. The highest BCUT2D eigenvalue weighted by molar-refractivity contribution is 5.78. The van der Waals surface area contributed by atoms with Gasteiger partial charge in [-0.1, -0.05) is 24.3 Å². The molecule has 1 aliphatic carbocycles. The van der Waals surface area contributed by atoms with Crippen molar-refractivity contribution in [1.82, 2.24) is 14.7 Å². The molecule has 1 aromatic carbocycles. The summed E-state index contributed by atoms with van der Waals surface area (Å²) in [5.41, 5.74) is 3.19. The van der Waals surface area contributed by atoms with Gasteiger partial charge in [-0.3, -0.25) is 4.79 Å². The standard InChI is InChI=1S/C29H41N3O3/c1-2-35-28(34)32-21-9-11-22(20-23(32)12-10-21)30-18-15-29(16-19-30)14-13-26(31-17-5-8-27(31)33)24-6-3-4-7-25(24)29/h3-4,6-7,21-23,26H,2,5,8-20H2,1H3/t21?,22?,23?,26-/m0/s1. The van der Waals surface area contributed by atoms with Crippen molar-refractivity contribution in [3.05, 3.63) is 35.4 Å². The van der Waals surface area contributed by atoms with Crippen LogP contribution in [0.1, 0.15) is 94.7 Å². The minimum absolute atomic E-state index is 0.0944. The molecule has 1 spiro atoms. The van der Waals surface area contributed by atoms with E-state index in [1.54, 1.807) is 0 Å². The molecule has 2 bridgehead atoms. The van der Waals surface area contributed by atoms with Crippen LogP contribution in [0.2, 0.25) is 0 Å². The average Bonchev–Trinajstić information content (AvgIpc) is 3.42. The molecule has 6 heteroatoms. The Kier molecular flexibility index (Phi) is 6.28. The Morgan fingerprint density at radius 2 is 1.71 bits per heavy atom. The number of benzene rings is 1. The number of amides is 2. The second kappa shape index (κ2) is 9.42. The van der Waals surface area contributed by atoms with Gasteiger partial charge in [-0.15, -0.1) is 0 Å². The van der Waals surface area contributed by atoms with Gasteiger partial charge in [0.05, 0.1) is 12.6 Å². The predicted molar refractivity (Wildman–Crippen MR) is 135 cm³/mol. The van der Waals surface area contributed by atoms with Gasteiger partial charge in [-0.05, 0) is 101 Å². The molecule has 4 aliphatic heterocycles. The first-order chi connectivity index (χ1) is 17.1. The van der Waals surface area contributed by atoms with E-state index in [1.807, 2.05) is 6.92 Å². The fourth-order valence-corrected chi connectivity index (χ4v) is 8.25. The summed E-state index contributed by atoms with van der Waals surface area (Å²) in [6.45, 7) is 5.57. The van der Waals surface area contributed by atoms with Crippen molar-refractivity contribution < 1.29 is 14.3 Å². The average molecular weight is 480 g/mol. The van der Waals surface area contributed by atoms with Gasteiger partial charge in [-0.2, -0.15) is 0 Å². The molecule has 1 aromatic rings. The maximum atomic E-state index is 12.6. The van der Waals surface area contributed by atoms with Crippen molar-refractivity contribution in [2.24, 2.45) is 0 Å². The van der Waals surface area contributed by atoms with Gasteiger partial charge in [0.15, 0.2) is 0 Å². The fraction of sp³-hybridized carbons (Fsp3) is 0.724. The number of hydrogen-bond acceptors (Lipinski definition) is 4. The van der Waals surface area contributed by atoms with Crippen LogP contribution in [0.4, 0.5) is 4.79 Å². The minimum atomic E-state index is -0.0944. The lowest BCUT2D eigenvalue weighted by Gasteiger charge is -2.50. The maximum absolute atomic E-state index is 12.6. The maximum Gasteiger partial charge on any atom is 0.410 e. The number of carbonyl (C=O) groups excluding carboxylic acids is 2.